The highest BCUT2D eigenvalue weighted by molar-refractivity contribution is 14.0. The highest BCUT2D eigenvalue weighted by atomic mass is 127. The number of hydrogen-bond donors (Lipinski definition) is 2. The summed E-state index contributed by atoms with van der Waals surface area (Å²) in [4.78, 5) is 6.32. The molecule has 0 aliphatic carbocycles. The summed E-state index contributed by atoms with van der Waals surface area (Å²) < 4.78 is 44.8. The molecule has 1 aromatic rings. The summed E-state index contributed by atoms with van der Waals surface area (Å²) in [5.74, 6) is 0.151. The van der Waals surface area contributed by atoms with E-state index < -0.39 is 11.7 Å². The van der Waals surface area contributed by atoms with Gasteiger partial charge in [-0.25, -0.2) is 4.99 Å². The van der Waals surface area contributed by atoms with Crippen molar-refractivity contribution in [2.24, 2.45) is 10.7 Å². The summed E-state index contributed by atoms with van der Waals surface area (Å²) in [6.07, 6.45) is -3.54. The molecular formula is C16H23BrF3IN4O. The summed E-state index contributed by atoms with van der Waals surface area (Å²) in [7, 11) is 0. The monoisotopic (exact) mass is 550 g/mol. The number of alkyl halides is 3. The maximum atomic E-state index is 13.0. The number of nitrogens with zero attached hydrogens (tertiary/aromatic N) is 2. The van der Waals surface area contributed by atoms with Gasteiger partial charge in [-0.2, -0.15) is 13.2 Å². The molecule has 10 heteroatoms. The lowest BCUT2D eigenvalue weighted by molar-refractivity contribution is -0.138. The second-order valence-electron chi connectivity index (χ2n) is 5.74. The Morgan fingerprint density at radius 3 is 2.65 bits per heavy atom. The fraction of sp³-hybridized carbons (Fsp3) is 0.562. The number of hydrogen-bond acceptors (Lipinski definition) is 3. The molecule has 1 heterocycles. The van der Waals surface area contributed by atoms with Gasteiger partial charge in [-0.1, -0.05) is 22.0 Å². The Bertz CT molecular complexity index is 595. The van der Waals surface area contributed by atoms with E-state index in [0.29, 0.717) is 11.0 Å². The first-order valence-electron chi connectivity index (χ1n) is 8.06. The zero-order valence-electron chi connectivity index (χ0n) is 14.2. The molecule has 0 spiro atoms. The van der Waals surface area contributed by atoms with Gasteiger partial charge in [0.2, 0.25) is 0 Å². The topological polar surface area (TPSA) is 62.9 Å². The van der Waals surface area contributed by atoms with E-state index in [-0.39, 0.29) is 42.0 Å². The number of morpholine rings is 1. The molecule has 1 saturated heterocycles. The highest BCUT2D eigenvalue weighted by Gasteiger charge is 2.33. The average molecular weight is 551 g/mol. The van der Waals surface area contributed by atoms with Gasteiger partial charge in [0.25, 0.3) is 0 Å². The lowest BCUT2D eigenvalue weighted by Gasteiger charge is -2.26. The van der Waals surface area contributed by atoms with E-state index in [9.17, 15) is 13.2 Å². The average Bonchev–Trinajstić information content (AvgIpc) is 2.58. The smallest absolute Gasteiger partial charge is 0.379 e. The second-order valence-corrected chi connectivity index (χ2v) is 6.65. The first kappa shape index (κ1) is 23.4. The minimum Gasteiger partial charge on any atom is -0.379 e. The maximum absolute atomic E-state index is 13.0. The Kier molecular flexibility index (Phi) is 10.2. The molecule has 0 radical (unpaired) electrons. The Hall–Kier alpha value is -0.590. The van der Waals surface area contributed by atoms with Crippen LogP contribution in [-0.4, -0.2) is 50.3 Å². The van der Waals surface area contributed by atoms with Crippen LogP contribution < -0.4 is 11.1 Å². The fourth-order valence-corrected chi connectivity index (χ4v) is 2.88. The van der Waals surface area contributed by atoms with Crippen LogP contribution in [0.4, 0.5) is 13.2 Å². The predicted octanol–water partition coefficient (Wildman–Crippen LogP) is 3.21. The van der Waals surface area contributed by atoms with Crippen LogP contribution in [0.5, 0.6) is 0 Å². The van der Waals surface area contributed by atoms with Crippen LogP contribution in [0.25, 0.3) is 0 Å². The third kappa shape index (κ3) is 7.97. The third-order valence-electron chi connectivity index (χ3n) is 3.86. The third-order valence-corrected chi connectivity index (χ3v) is 4.35. The standard InChI is InChI=1S/C16H22BrF3N4O.HI/c17-13-3-2-12(14(10-13)16(18,19)20)11-23-15(21)22-4-1-5-24-6-8-25-9-7-24;/h2-3,10H,1,4-9,11H2,(H3,21,22,23);1H. The SMILES string of the molecule is I.NC(=NCc1ccc(Br)cc1C(F)(F)F)NCCCN1CCOCC1. The van der Waals surface area contributed by atoms with Crippen molar-refractivity contribution in [2.45, 2.75) is 19.1 Å². The molecule has 148 valence electrons. The van der Waals surface area contributed by atoms with Crippen molar-refractivity contribution in [1.82, 2.24) is 10.2 Å². The number of nitrogens with two attached hydrogens (primary N) is 1. The van der Waals surface area contributed by atoms with Crippen LogP contribution in [0.2, 0.25) is 0 Å². The lowest BCUT2D eigenvalue weighted by Crippen LogP contribution is -2.39. The molecule has 1 aliphatic rings. The first-order valence-corrected chi connectivity index (χ1v) is 8.85. The van der Waals surface area contributed by atoms with E-state index in [1.807, 2.05) is 0 Å². The van der Waals surface area contributed by atoms with Gasteiger partial charge in [-0.3, -0.25) is 4.90 Å². The van der Waals surface area contributed by atoms with Crippen LogP contribution >= 0.6 is 39.9 Å². The number of rotatable bonds is 6. The van der Waals surface area contributed by atoms with Crippen molar-refractivity contribution in [3.05, 3.63) is 33.8 Å². The molecule has 3 N–H and O–H groups in total. The van der Waals surface area contributed by atoms with E-state index >= 15 is 0 Å². The summed E-state index contributed by atoms with van der Waals surface area (Å²) >= 11 is 3.06. The maximum Gasteiger partial charge on any atom is 0.416 e. The van der Waals surface area contributed by atoms with Crippen molar-refractivity contribution in [3.8, 4) is 0 Å². The molecule has 26 heavy (non-hydrogen) atoms. The quantitative estimate of drug-likeness (QED) is 0.247. The minimum absolute atomic E-state index is 0. The molecule has 0 amide bonds. The van der Waals surface area contributed by atoms with Crippen LogP contribution in [0.15, 0.2) is 27.7 Å². The van der Waals surface area contributed by atoms with Gasteiger partial charge in [0.15, 0.2) is 5.96 Å². The molecule has 1 aromatic carbocycles. The Balaban J connectivity index is 0.00000338. The van der Waals surface area contributed by atoms with Gasteiger partial charge in [0.1, 0.15) is 0 Å². The number of nitrogens with one attached hydrogen (secondary N) is 1. The van der Waals surface area contributed by atoms with Gasteiger partial charge in [0, 0.05) is 24.1 Å². The Morgan fingerprint density at radius 1 is 1.31 bits per heavy atom. The molecule has 0 saturated carbocycles. The summed E-state index contributed by atoms with van der Waals surface area (Å²) in [5, 5.41) is 2.94. The number of aliphatic imine (C=N–C) groups is 1. The molecule has 2 rings (SSSR count). The summed E-state index contributed by atoms with van der Waals surface area (Å²) in [6.45, 7) is 4.79. The van der Waals surface area contributed by atoms with E-state index in [1.54, 1.807) is 6.07 Å². The van der Waals surface area contributed by atoms with Gasteiger partial charge in [0.05, 0.1) is 25.3 Å². The molecule has 0 atom stereocenters. The van der Waals surface area contributed by atoms with Crippen LogP contribution in [0.3, 0.4) is 0 Å². The molecule has 0 unspecified atom stereocenters. The zero-order chi connectivity index (χ0) is 18.3. The van der Waals surface area contributed by atoms with E-state index in [2.05, 4.69) is 31.1 Å². The van der Waals surface area contributed by atoms with Gasteiger partial charge in [-0.05, 0) is 30.7 Å². The molecule has 1 fully saturated rings. The number of halogens is 5. The predicted molar refractivity (Wildman–Crippen MR) is 110 cm³/mol. The van der Waals surface area contributed by atoms with Crippen LogP contribution in [-0.2, 0) is 17.5 Å². The largest absolute Gasteiger partial charge is 0.416 e. The summed E-state index contributed by atoms with van der Waals surface area (Å²) in [6, 6.07) is 4.02. The number of guanidine groups is 1. The van der Waals surface area contributed by atoms with Gasteiger partial charge >= 0.3 is 6.18 Å². The molecular weight excluding hydrogens is 528 g/mol. The Labute approximate surface area is 176 Å². The van der Waals surface area contributed by atoms with Crippen molar-refractivity contribution in [3.63, 3.8) is 0 Å². The van der Waals surface area contributed by atoms with Crippen molar-refractivity contribution < 1.29 is 17.9 Å². The van der Waals surface area contributed by atoms with Crippen molar-refractivity contribution in [1.29, 1.82) is 0 Å². The van der Waals surface area contributed by atoms with Crippen molar-refractivity contribution >= 4 is 45.9 Å². The number of benzene rings is 1. The van der Waals surface area contributed by atoms with Crippen LogP contribution in [0, 0.1) is 0 Å². The van der Waals surface area contributed by atoms with Crippen molar-refractivity contribution in [2.75, 3.05) is 39.4 Å². The van der Waals surface area contributed by atoms with E-state index in [1.165, 1.54) is 6.07 Å². The Morgan fingerprint density at radius 2 is 2.00 bits per heavy atom. The van der Waals surface area contributed by atoms with Crippen LogP contribution in [0.1, 0.15) is 17.5 Å². The molecule has 0 bridgehead atoms. The molecule has 0 aromatic heterocycles. The normalized spacial score (nSPS) is 16.2. The zero-order valence-corrected chi connectivity index (χ0v) is 18.1. The lowest BCUT2D eigenvalue weighted by atomic mass is 10.1. The van der Waals surface area contributed by atoms with E-state index in [4.69, 9.17) is 10.5 Å². The molecule has 1 aliphatic heterocycles. The first-order chi connectivity index (χ1) is 11.9. The minimum atomic E-state index is -4.42. The summed E-state index contributed by atoms with van der Waals surface area (Å²) in [5.41, 5.74) is 5.13. The van der Waals surface area contributed by atoms with E-state index in [0.717, 1.165) is 45.3 Å². The highest BCUT2D eigenvalue weighted by Crippen LogP contribution is 2.34. The fourth-order valence-electron chi connectivity index (χ4n) is 2.52. The van der Waals surface area contributed by atoms with Gasteiger partial charge in [-0.15, -0.1) is 24.0 Å². The number of ether oxygens (including phenoxy) is 1. The van der Waals surface area contributed by atoms with Gasteiger partial charge < -0.3 is 15.8 Å². The second kappa shape index (κ2) is 11.3. The molecule has 5 nitrogen and oxygen atoms in total.